The maximum Gasteiger partial charge on any atom is 0.273 e. The van der Waals surface area contributed by atoms with Crippen LogP contribution in [0.4, 0.5) is 5.69 Å². The first-order valence-electron chi connectivity index (χ1n) is 6.84. The first kappa shape index (κ1) is 17.6. The molecular weight excluding hydrogens is 334 g/mol. The first-order chi connectivity index (χ1) is 11.2. The topological polar surface area (TPSA) is 132 Å². The molecule has 0 spiro atoms. The number of nitrogens with zero attached hydrogens (tertiary/aromatic N) is 1. The number of benzene rings is 2. The number of nitrogens with two attached hydrogens (primary N) is 1. The second-order valence-corrected chi connectivity index (χ2v) is 6.79. The Kier molecular flexibility index (Phi) is 4.96. The predicted octanol–water partition coefficient (Wildman–Crippen LogP) is 1.41. The fourth-order valence-corrected chi connectivity index (χ4v) is 3.32. The number of rotatable bonds is 6. The van der Waals surface area contributed by atoms with E-state index in [1.165, 1.54) is 19.1 Å². The summed E-state index contributed by atoms with van der Waals surface area (Å²) in [6.45, 7) is 1.50. The number of sulfonamides is 1. The van der Waals surface area contributed by atoms with Gasteiger partial charge in [0.1, 0.15) is 6.04 Å². The third-order valence-corrected chi connectivity index (χ3v) is 4.80. The van der Waals surface area contributed by atoms with Gasteiger partial charge in [0.25, 0.3) is 5.69 Å². The minimum absolute atomic E-state index is 0.318. The summed E-state index contributed by atoms with van der Waals surface area (Å²) < 4.78 is 27.1. The van der Waals surface area contributed by atoms with Crippen molar-refractivity contribution < 1.29 is 18.1 Å². The number of aryl methyl sites for hydroxylation is 1. The van der Waals surface area contributed by atoms with E-state index in [0.29, 0.717) is 11.1 Å². The van der Waals surface area contributed by atoms with Gasteiger partial charge in [-0.2, -0.15) is 4.72 Å². The molecule has 1 amide bonds. The van der Waals surface area contributed by atoms with E-state index in [0.717, 1.165) is 6.07 Å². The van der Waals surface area contributed by atoms with Crippen LogP contribution < -0.4 is 10.5 Å². The maximum absolute atomic E-state index is 12.5. The van der Waals surface area contributed by atoms with E-state index in [2.05, 4.69) is 4.72 Å². The van der Waals surface area contributed by atoms with Crippen molar-refractivity contribution in [3.63, 3.8) is 0 Å². The molecular formula is C15H15N3O5S. The van der Waals surface area contributed by atoms with E-state index < -0.39 is 26.9 Å². The van der Waals surface area contributed by atoms with Crippen LogP contribution in [0.1, 0.15) is 17.2 Å². The zero-order valence-electron chi connectivity index (χ0n) is 12.7. The van der Waals surface area contributed by atoms with Crippen LogP contribution in [-0.2, 0) is 14.8 Å². The second kappa shape index (κ2) is 6.77. The standard InChI is InChI=1S/C15H15N3O5S/c1-10-7-8-12(9-13(10)18(20)21)24(22,23)17-14(15(16)19)11-5-3-2-4-6-11/h2-9,14,17H,1H3,(H2,16,19). The Morgan fingerprint density at radius 2 is 1.83 bits per heavy atom. The Balaban J connectivity index is 2.41. The lowest BCUT2D eigenvalue weighted by atomic mass is 10.1. The molecule has 0 aliphatic heterocycles. The van der Waals surface area contributed by atoms with Crippen LogP contribution in [0.15, 0.2) is 53.4 Å². The highest BCUT2D eigenvalue weighted by Crippen LogP contribution is 2.23. The molecule has 126 valence electrons. The SMILES string of the molecule is Cc1ccc(S(=O)(=O)NC(C(N)=O)c2ccccc2)cc1[N+](=O)[O-]. The highest BCUT2D eigenvalue weighted by molar-refractivity contribution is 7.89. The van der Waals surface area contributed by atoms with Crippen molar-refractivity contribution in [3.05, 3.63) is 69.8 Å². The molecule has 3 N–H and O–H groups in total. The molecule has 2 aromatic rings. The monoisotopic (exact) mass is 349 g/mol. The summed E-state index contributed by atoms with van der Waals surface area (Å²) >= 11 is 0. The van der Waals surface area contributed by atoms with Crippen molar-refractivity contribution in [1.82, 2.24) is 4.72 Å². The van der Waals surface area contributed by atoms with E-state index in [9.17, 15) is 23.3 Å². The number of carbonyl (C=O) groups excluding carboxylic acids is 1. The van der Waals surface area contributed by atoms with Crippen molar-refractivity contribution in [3.8, 4) is 0 Å². The summed E-state index contributed by atoms with van der Waals surface area (Å²) in [5, 5.41) is 11.0. The van der Waals surface area contributed by atoms with Crippen molar-refractivity contribution in [2.24, 2.45) is 5.73 Å². The Morgan fingerprint density at radius 3 is 2.38 bits per heavy atom. The molecule has 0 aliphatic rings. The van der Waals surface area contributed by atoms with Crippen LogP contribution in [0.3, 0.4) is 0 Å². The van der Waals surface area contributed by atoms with Crippen LogP contribution in [0.25, 0.3) is 0 Å². The molecule has 2 rings (SSSR count). The molecule has 1 atom stereocenters. The van der Waals surface area contributed by atoms with Gasteiger partial charge in [-0.25, -0.2) is 8.42 Å². The van der Waals surface area contributed by atoms with E-state index >= 15 is 0 Å². The normalized spacial score (nSPS) is 12.5. The molecule has 2 aromatic carbocycles. The molecule has 1 unspecified atom stereocenters. The van der Waals surface area contributed by atoms with Crippen LogP contribution in [-0.4, -0.2) is 19.2 Å². The highest BCUT2D eigenvalue weighted by atomic mass is 32.2. The van der Waals surface area contributed by atoms with Gasteiger partial charge < -0.3 is 5.73 Å². The molecule has 0 aromatic heterocycles. The number of hydrogen-bond acceptors (Lipinski definition) is 5. The molecule has 8 nitrogen and oxygen atoms in total. The zero-order chi connectivity index (χ0) is 17.9. The average molecular weight is 349 g/mol. The van der Waals surface area contributed by atoms with Gasteiger partial charge in [0.2, 0.25) is 15.9 Å². The van der Waals surface area contributed by atoms with Gasteiger partial charge in [0, 0.05) is 11.6 Å². The number of carbonyl (C=O) groups is 1. The van der Waals surface area contributed by atoms with Gasteiger partial charge >= 0.3 is 0 Å². The quantitative estimate of drug-likeness (QED) is 0.601. The van der Waals surface area contributed by atoms with Gasteiger partial charge in [-0.1, -0.05) is 36.4 Å². The van der Waals surface area contributed by atoms with Crippen LogP contribution in [0.2, 0.25) is 0 Å². The van der Waals surface area contributed by atoms with Gasteiger partial charge in [-0.05, 0) is 18.6 Å². The summed E-state index contributed by atoms with van der Waals surface area (Å²) in [6, 6.07) is 10.3. The lowest BCUT2D eigenvalue weighted by molar-refractivity contribution is -0.385. The van der Waals surface area contributed by atoms with E-state index in [4.69, 9.17) is 5.73 Å². The number of hydrogen-bond donors (Lipinski definition) is 2. The van der Waals surface area contributed by atoms with Crippen molar-refractivity contribution in [2.75, 3.05) is 0 Å². The fraction of sp³-hybridized carbons (Fsp3) is 0.133. The molecule has 0 heterocycles. The van der Waals surface area contributed by atoms with E-state index in [1.807, 2.05) is 0 Å². The lowest BCUT2D eigenvalue weighted by Crippen LogP contribution is -2.37. The van der Waals surface area contributed by atoms with Gasteiger partial charge in [-0.15, -0.1) is 0 Å². The lowest BCUT2D eigenvalue weighted by Gasteiger charge is -2.16. The Labute approximate surface area is 138 Å². The van der Waals surface area contributed by atoms with E-state index in [1.54, 1.807) is 30.3 Å². The molecule has 9 heteroatoms. The summed E-state index contributed by atoms with van der Waals surface area (Å²) in [5.41, 5.74) is 5.65. The number of primary amides is 1. The van der Waals surface area contributed by atoms with Gasteiger partial charge in [-0.3, -0.25) is 14.9 Å². The van der Waals surface area contributed by atoms with Crippen LogP contribution >= 0.6 is 0 Å². The Bertz CT molecular complexity index is 881. The average Bonchev–Trinajstić information content (AvgIpc) is 2.53. The summed E-state index contributed by atoms with van der Waals surface area (Å²) in [5.74, 6) is -0.883. The highest BCUT2D eigenvalue weighted by Gasteiger charge is 2.27. The number of nitro groups is 1. The molecule has 24 heavy (non-hydrogen) atoms. The number of amides is 1. The molecule has 0 aliphatic carbocycles. The van der Waals surface area contributed by atoms with Gasteiger partial charge in [0.05, 0.1) is 9.82 Å². The Morgan fingerprint density at radius 1 is 1.21 bits per heavy atom. The maximum atomic E-state index is 12.5. The van der Waals surface area contributed by atoms with Crippen LogP contribution in [0.5, 0.6) is 0 Å². The third kappa shape index (κ3) is 3.76. The largest absolute Gasteiger partial charge is 0.368 e. The number of nitro benzene ring substituents is 1. The van der Waals surface area contributed by atoms with Crippen molar-refractivity contribution in [1.29, 1.82) is 0 Å². The van der Waals surface area contributed by atoms with Crippen LogP contribution in [0, 0.1) is 17.0 Å². The minimum atomic E-state index is -4.18. The number of nitrogens with one attached hydrogen (secondary N) is 1. The van der Waals surface area contributed by atoms with Crippen molar-refractivity contribution >= 4 is 21.6 Å². The summed E-state index contributed by atoms with van der Waals surface area (Å²) in [6.07, 6.45) is 0. The summed E-state index contributed by atoms with van der Waals surface area (Å²) in [4.78, 5) is 21.6. The molecule has 0 fully saturated rings. The predicted molar refractivity (Wildman–Crippen MR) is 86.5 cm³/mol. The van der Waals surface area contributed by atoms with Gasteiger partial charge in [0.15, 0.2) is 0 Å². The first-order valence-corrected chi connectivity index (χ1v) is 8.32. The Hall–Kier alpha value is -2.78. The second-order valence-electron chi connectivity index (χ2n) is 5.07. The van der Waals surface area contributed by atoms with E-state index in [-0.39, 0.29) is 10.6 Å². The molecule has 0 saturated heterocycles. The molecule has 0 saturated carbocycles. The molecule has 0 radical (unpaired) electrons. The minimum Gasteiger partial charge on any atom is -0.368 e. The fourth-order valence-electron chi connectivity index (χ4n) is 2.11. The summed E-state index contributed by atoms with van der Waals surface area (Å²) in [7, 11) is -4.18. The third-order valence-electron chi connectivity index (χ3n) is 3.38. The zero-order valence-corrected chi connectivity index (χ0v) is 13.5. The smallest absolute Gasteiger partial charge is 0.273 e. The van der Waals surface area contributed by atoms with Crippen molar-refractivity contribution in [2.45, 2.75) is 17.9 Å². The molecule has 0 bridgehead atoms.